The van der Waals surface area contributed by atoms with Crippen molar-refractivity contribution in [1.29, 1.82) is 0 Å². The molecule has 0 radical (unpaired) electrons. The summed E-state index contributed by atoms with van der Waals surface area (Å²) in [6.45, 7) is 3.94. The number of anilines is 1. The van der Waals surface area contributed by atoms with E-state index in [0.29, 0.717) is 10.6 Å². The van der Waals surface area contributed by atoms with E-state index in [4.69, 9.17) is 5.73 Å². The smallest absolute Gasteiger partial charge is 0.265 e. The number of carbonyl (C=O) groups excluding carboxylic acids is 1. The number of benzene rings is 1. The molecule has 0 aliphatic carbocycles. The molecule has 0 atom stereocenters. The van der Waals surface area contributed by atoms with Gasteiger partial charge in [0.2, 0.25) is 0 Å². The van der Waals surface area contributed by atoms with Crippen molar-refractivity contribution in [2.24, 2.45) is 5.73 Å². The molecule has 2 aromatic rings. The maximum absolute atomic E-state index is 13.3. The average molecular weight is 302 g/mol. The van der Waals surface area contributed by atoms with Crippen LogP contribution in [0.4, 0.5) is 10.1 Å². The molecule has 2 rings (SSSR count). The highest BCUT2D eigenvalue weighted by Crippen LogP contribution is 2.22. The molecule has 0 fully saturated rings. The van der Waals surface area contributed by atoms with Crippen LogP contribution >= 0.6 is 11.3 Å². The molecular formula is C16H15FN2OS. The van der Waals surface area contributed by atoms with E-state index in [0.717, 1.165) is 16.0 Å². The molecule has 0 saturated heterocycles. The minimum atomic E-state index is -0.373. The van der Waals surface area contributed by atoms with Gasteiger partial charge in [-0.1, -0.05) is 11.8 Å². The molecule has 1 aromatic heterocycles. The predicted molar refractivity (Wildman–Crippen MR) is 84.1 cm³/mol. The Labute approximate surface area is 127 Å². The summed E-state index contributed by atoms with van der Waals surface area (Å²) in [6, 6.07) is 6.19. The summed E-state index contributed by atoms with van der Waals surface area (Å²) in [6.07, 6.45) is 0. The second kappa shape index (κ2) is 6.53. The van der Waals surface area contributed by atoms with Crippen molar-refractivity contribution >= 4 is 22.9 Å². The van der Waals surface area contributed by atoms with Crippen molar-refractivity contribution in [1.82, 2.24) is 0 Å². The van der Waals surface area contributed by atoms with Crippen LogP contribution < -0.4 is 11.1 Å². The van der Waals surface area contributed by atoms with Crippen molar-refractivity contribution in [2.75, 3.05) is 11.9 Å². The highest BCUT2D eigenvalue weighted by Gasteiger charge is 2.12. The van der Waals surface area contributed by atoms with E-state index >= 15 is 0 Å². The first kappa shape index (κ1) is 15.2. The van der Waals surface area contributed by atoms with Crippen molar-refractivity contribution in [3.63, 3.8) is 0 Å². The summed E-state index contributed by atoms with van der Waals surface area (Å²) in [5, 5.41) is 2.70. The molecule has 21 heavy (non-hydrogen) atoms. The molecule has 5 heteroatoms. The topological polar surface area (TPSA) is 55.1 Å². The van der Waals surface area contributed by atoms with Gasteiger partial charge in [-0.3, -0.25) is 4.79 Å². The largest absolute Gasteiger partial charge is 0.321 e. The van der Waals surface area contributed by atoms with E-state index in [1.807, 2.05) is 6.92 Å². The molecule has 0 bridgehead atoms. The maximum atomic E-state index is 13.3. The van der Waals surface area contributed by atoms with E-state index in [1.165, 1.54) is 23.5 Å². The number of amides is 1. The number of nitrogens with one attached hydrogen (secondary N) is 1. The quantitative estimate of drug-likeness (QED) is 0.838. The van der Waals surface area contributed by atoms with Crippen LogP contribution in [0.2, 0.25) is 0 Å². The summed E-state index contributed by atoms with van der Waals surface area (Å²) in [5.41, 5.74) is 7.47. The SMILES string of the molecule is Cc1cc(F)cc(NC(=O)c2cc(C)c(C#CCN)s2)c1. The predicted octanol–water partition coefficient (Wildman–Crippen LogP) is 3.07. The summed E-state index contributed by atoms with van der Waals surface area (Å²) in [5.74, 6) is 5.06. The van der Waals surface area contributed by atoms with Crippen molar-refractivity contribution < 1.29 is 9.18 Å². The lowest BCUT2D eigenvalue weighted by molar-refractivity contribution is 0.103. The molecule has 1 amide bonds. The molecule has 108 valence electrons. The molecule has 1 heterocycles. The molecular weight excluding hydrogens is 287 g/mol. The first-order valence-electron chi connectivity index (χ1n) is 6.37. The first-order valence-corrected chi connectivity index (χ1v) is 7.19. The number of hydrogen-bond acceptors (Lipinski definition) is 3. The fourth-order valence-corrected chi connectivity index (χ4v) is 2.79. The number of halogens is 1. The minimum absolute atomic E-state index is 0.270. The van der Waals surface area contributed by atoms with Gasteiger partial charge in [-0.25, -0.2) is 4.39 Å². The van der Waals surface area contributed by atoms with Crippen LogP contribution in [0.25, 0.3) is 0 Å². The van der Waals surface area contributed by atoms with Crippen molar-refractivity contribution in [2.45, 2.75) is 13.8 Å². The zero-order valence-electron chi connectivity index (χ0n) is 11.8. The summed E-state index contributed by atoms with van der Waals surface area (Å²) >= 11 is 1.30. The molecule has 3 N–H and O–H groups in total. The Morgan fingerprint density at radius 3 is 2.76 bits per heavy atom. The van der Waals surface area contributed by atoms with Gasteiger partial charge in [0.1, 0.15) is 5.82 Å². The third-order valence-corrected chi connectivity index (χ3v) is 3.90. The van der Waals surface area contributed by atoms with E-state index in [9.17, 15) is 9.18 Å². The lowest BCUT2D eigenvalue weighted by atomic mass is 10.2. The molecule has 0 aliphatic heterocycles. The Hall–Kier alpha value is -2.16. The molecule has 3 nitrogen and oxygen atoms in total. The Balaban J connectivity index is 2.20. The molecule has 0 spiro atoms. The highest BCUT2D eigenvalue weighted by molar-refractivity contribution is 7.14. The third-order valence-electron chi connectivity index (χ3n) is 2.75. The highest BCUT2D eigenvalue weighted by atomic mass is 32.1. The zero-order chi connectivity index (χ0) is 15.4. The zero-order valence-corrected chi connectivity index (χ0v) is 12.6. The Morgan fingerprint density at radius 1 is 1.33 bits per heavy atom. The number of rotatable bonds is 2. The molecule has 0 saturated carbocycles. The van der Waals surface area contributed by atoms with Crippen molar-refractivity contribution in [3.05, 3.63) is 51.0 Å². The van der Waals surface area contributed by atoms with Gasteiger partial charge in [0.15, 0.2) is 0 Å². The van der Waals surface area contributed by atoms with Gasteiger partial charge in [-0.15, -0.1) is 11.3 Å². The molecule has 1 aromatic carbocycles. The maximum Gasteiger partial charge on any atom is 0.265 e. The summed E-state index contributed by atoms with van der Waals surface area (Å²) < 4.78 is 13.3. The van der Waals surface area contributed by atoms with Gasteiger partial charge in [0.25, 0.3) is 5.91 Å². The Kier molecular flexibility index (Phi) is 4.73. The number of carbonyl (C=O) groups is 1. The van der Waals surface area contributed by atoms with E-state index in [1.54, 1.807) is 19.1 Å². The van der Waals surface area contributed by atoms with Crippen LogP contribution in [0.5, 0.6) is 0 Å². The van der Waals surface area contributed by atoms with Crippen LogP contribution in [0, 0.1) is 31.5 Å². The number of hydrogen-bond donors (Lipinski definition) is 2. The van der Waals surface area contributed by atoms with E-state index in [2.05, 4.69) is 17.2 Å². The monoisotopic (exact) mass is 302 g/mol. The van der Waals surface area contributed by atoms with Crippen LogP contribution in [-0.4, -0.2) is 12.5 Å². The molecule has 0 unspecified atom stereocenters. The molecule has 0 aliphatic rings. The standard InChI is InChI=1S/C16H15FN2OS/c1-10-6-12(17)9-13(7-10)19-16(20)15-8-11(2)14(21-15)4-3-5-18/h6-9H,5,18H2,1-2H3,(H,19,20). The normalized spacial score (nSPS) is 9.90. The third kappa shape index (κ3) is 3.91. The van der Waals surface area contributed by atoms with Gasteiger partial charge in [0, 0.05) is 5.69 Å². The summed E-state index contributed by atoms with van der Waals surface area (Å²) in [7, 11) is 0. The lowest BCUT2D eigenvalue weighted by Crippen LogP contribution is -2.10. The van der Waals surface area contributed by atoms with Crippen LogP contribution in [-0.2, 0) is 0 Å². The van der Waals surface area contributed by atoms with Crippen LogP contribution in [0.15, 0.2) is 24.3 Å². The van der Waals surface area contributed by atoms with E-state index < -0.39 is 0 Å². The second-order valence-corrected chi connectivity index (χ2v) is 5.65. The Bertz CT molecular complexity index is 720. The second-order valence-electron chi connectivity index (χ2n) is 4.60. The number of aryl methyl sites for hydroxylation is 2. The van der Waals surface area contributed by atoms with Gasteiger partial charge in [-0.2, -0.15) is 0 Å². The summed E-state index contributed by atoms with van der Waals surface area (Å²) in [4.78, 5) is 13.5. The Morgan fingerprint density at radius 2 is 2.10 bits per heavy atom. The van der Waals surface area contributed by atoms with Crippen LogP contribution in [0.1, 0.15) is 25.7 Å². The fraction of sp³-hybridized carbons (Fsp3) is 0.188. The van der Waals surface area contributed by atoms with Crippen molar-refractivity contribution in [3.8, 4) is 11.8 Å². The fourth-order valence-electron chi connectivity index (χ4n) is 1.85. The minimum Gasteiger partial charge on any atom is -0.321 e. The lowest BCUT2D eigenvalue weighted by Gasteiger charge is -2.04. The number of thiophene rings is 1. The van der Waals surface area contributed by atoms with Gasteiger partial charge < -0.3 is 11.1 Å². The van der Waals surface area contributed by atoms with Gasteiger partial charge in [0.05, 0.1) is 16.3 Å². The van der Waals surface area contributed by atoms with Gasteiger partial charge >= 0.3 is 0 Å². The van der Waals surface area contributed by atoms with Crippen LogP contribution in [0.3, 0.4) is 0 Å². The number of nitrogens with two attached hydrogens (primary N) is 1. The van der Waals surface area contributed by atoms with E-state index in [-0.39, 0.29) is 18.3 Å². The average Bonchev–Trinajstić information content (AvgIpc) is 2.76. The first-order chi connectivity index (χ1) is 9.99. The van der Waals surface area contributed by atoms with Gasteiger partial charge in [-0.05, 0) is 49.2 Å².